The predicted molar refractivity (Wildman–Crippen MR) is 119 cm³/mol. The van der Waals surface area contributed by atoms with Crippen molar-refractivity contribution < 1.29 is 4.74 Å². The van der Waals surface area contributed by atoms with E-state index >= 15 is 0 Å². The second-order valence-electron chi connectivity index (χ2n) is 6.41. The number of guanidine groups is 1. The number of nitrogens with two attached hydrogens (primary N) is 1. The van der Waals surface area contributed by atoms with Gasteiger partial charge in [0.05, 0.1) is 19.8 Å². The highest BCUT2D eigenvalue weighted by Crippen LogP contribution is 2.10. The molecule has 1 aliphatic heterocycles. The first-order chi connectivity index (χ1) is 12.8. The van der Waals surface area contributed by atoms with Crippen molar-refractivity contribution in [1.29, 1.82) is 0 Å². The summed E-state index contributed by atoms with van der Waals surface area (Å²) in [5.74, 6) is 0.472. The number of benzene rings is 1. The average Bonchev–Trinajstić information content (AvgIpc) is 2.68. The molecule has 0 radical (unpaired) electrons. The fourth-order valence-electron chi connectivity index (χ4n) is 2.94. The van der Waals surface area contributed by atoms with Crippen LogP contribution in [0, 0.1) is 0 Å². The molecule has 0 spiro atoms. The third-order valence-corrected chi connectivity index (χ3v) is 4.35. The Balaban J connectivity index is 0.00000261. The number of nitrogens with zero attached hydrogens (tertiary/aromatic N) is 3. The van der Waals surface area contributed by atoms with Crippen molar-refractivity contribution in [3.05, 3.63) is 65.5 Å². The third kappa shape index (κ3) is 7.82. The molecule has 1 fully saturated rings. The van der Waals surface area contributed by atoms with Gasteiger partial charge in [0, 0.05) is 44.5 Å². The average molecular weight is 481 g/mol. The molecule has 146 valence electrons. The zero-order valence-electron chi connectivity index (χ0n) is 15.5. The Morgan fingerprint density at radius 1 is 1.15 bits per heavy atom. The summed E-state index contributed by atoms with van der Waals surface area (Å²) < 4.78 is 5.40. The van der Waals surface area contributed by atoms with Crippen LogP contribution in [-0.2, 0) is 24.2 Å². The molecule has 0 atom stereocenters. The lowest BCUT2D eigenvalue weighted by molar-refractivity contribution is 0.0342. The van der Waals surface area contributed by atoms with Crippen molar-refractivity contribution in [3.63, 3.8) is 0 Å². The van der Waals surface area contributed by atoms with Gasteiger partial charge in [0.25, 0.3) is 0 Å². The Kier molecular flexibility index (Phi) is 9.51. The van der Waals surface area contributed by atoms with Gasteiger partial charge in [0.1, 0.15) is 0 Å². The predicted octanol–water partition coefficient (Wildman–Crippen LogP) is 2.18. The van der Waals surface area contributed by atoms with E-state index in [2.05, 4.69) is 44.5 Å². The molecule has 0 aliphatic carbocycles. The van der Waals surface area contributed by atoms with Gasteiger partial charge in [-0.2, -0.15) is 0 Å². The molecule has 6 nitrogen and oxygen atoms in total. The van der Waals surface area contributed by atoms with E-state index in [0.717, 1.165) is 51.5 Å². The highest BCUT2D eigenvalue weighted by Gasteiger charge is 2.10. The summed E-state index contributed by atoms with van der Waals surface area (Å²) in [6.07, 6.45) is 2.63. The summed E-state index contributed by atoms with van der Waals surface area (Å²) >= 11 is 0. The second-order valence-corrected chi connectivity index (χ2v) is 6.41. The topological polar surface area (TPSA) is 75.8 Å². The Hall–Kier alpha value is -1.71. The fourth-order valence-corrected chi connectivity index (χ4v) is 2.94. The van der Waals surface area contributed by atoms with Crippen LogP contribution in [0.1, 0.15) is 16.8 Å². The van der Waals surface area contributed by atoms with Crippen LogP contribution in [0.2, 0.25) is 0 Å². The van der Waals surface area contributed by atoms with Crippen LogP contribution >= 0.6 is 24.0 Å². The second kappa shape index (κ2) is 11.9. The Morgan fingerprint density at radius 3 is 2.74 bits per heavy atom. The first kappa shape index (κ1) is 21.6. The number of halogens is 1. The number of morpholine rings is 1. The van der Waals surface area contributed by atoms with Gasteiger partial charge in [0.15, 0.2) is 5.96 Å². The third-order valence-electron chi connectivity index (χ3n) is 4.35. The summed E-state index contributed by atoms with van der Waals surface area (Å²) in [6, 6.07) is 14.5. The van der Waals surface area contributed by atoms with E-state index < -0.39 is 0 Å². The van der Waals surface area contributed by atoms with Crippen LogP contribution in [0.15, 0.2) is 53.7 Å². The number of hydrogen-bond acceptors (Lipinski definition) is 4. The molecule has 0 saturated carbocycles. The van der Waals surface area contributed by atoms with Crippen molar-refractivity contribution in [3.8, 4) is 0 Å². The van der Waals surface area contributed by atoms with E-state index in [1.54, 1.807) is 6.20 Å². The fraction of sp³-hybridized carbons (Fsp3) is 0.400. The summed E-state index contributed by atoms with van der Waals surface area (Å²) in [4.78, 5) is 11.2. The number of aliphatic imine (C=N–C) groups is 1. The van der Waals surface area contributed by atoms with Gasteiger partial charge in [-0.25, -0.2) is 4.99 Å². The lowest BCUT2D eigenvalue weighted by Crippen LogP contribution is -2.35. The minimum atomic E-state index is 0. The van der Waals surface area contributed by atoms with Crippen molar-refractivity contribution in [2.75, 3.05) is 32.8 Å². The van der Waals surface area contributed by atoms with Crippen LogP contribution < -0.4 is 11.1 Å². The SMILES string of the molecule is I.NC(=NCc1cccc(CN2CCOCC2)c1)NCCc1ccccn1. The van der Waals surface area contributed by atoms with Gasteiger partial charge < -0.3 is 15.8 Å². The van der Waals surface area contributed by atoms with Crippen molar-refractivity contribution in [1.82, 2.24) is 15.2 Å². The molecular weight excluding hydrogens is 453 g/mol. The van der Waals surface area contributed by atoms with Crippen LogP contribution in [0.3, 0.4) is 0 Å². The standard InChI is InChI=1S/C20H27N5O.HI/c21-20(23-9-7-19-6-1-2-8-22-19)24-15-17-4-3-5-18(14-17)16-25-10-12-26-13-11-25;/h1-6,8,14H,7,9-13,15-16H2,(H3,21,23,24);1H. The molecule has 1 aliphatic rings. The number of ether oxygens (including phenoxy) is 1. The molecule has 0 unspecified atom stereocenters. The molecule has 27 heavy (non-hydrogen) atoms. The quantitative estimate of drug-likeness (QED) is 0.360. The monoisotopic (exact) mass is 481 g/mol. The van der Waals surface area contributed by atoms with Crippen LogP contribution in [0.25, 0.3) is 0 Å². The number of nitrogens with one attached hydrogen (secondary N) is 1. The van der Waals surface area contributed by atoms with E-state index in [0.29, 0.717) is 12.5 Å². The zero-order valence-corrected chi connectivity index (χ0v) is 17.8. The first-order valence-corrected chi connectivity index (χ1v) is 9.11. The molecule has 7 heteroatoms. The van der Waals surface area contributed by atoms with Crippen molar-refractivity contribution in [2.24, 2.45) is 10.7 Å². The normalized spacial score (nSPS) is 15.2. The van der Waals surface area contributed by atoms with E-state index in [1.165, 1.54) is 11.1 Å². The molecular formula is C20H28IN5O. The first-order valence-electron chi connectivity index (χ1n) is 9.11. The van der Waals surface area contributed by atoms with Crippen LogP contribution in [-0.4, -0.2) is 48.7 Å². The van der Waals surface area contributed by atoms with E-state index in [-0.39, 0.29) is 24.0 Å². The summed E-state index contributed by atoms with van der Waals surface area (Å²) in [5.41, 5.74) is 9.49. The van der Waals surface area contributed by atoms with Crippen molar-refractivity contribution >= 4 is 29.9 Å². The highest BCUT2D eigenvalue weighted by atomic mass is 127. The Labute approximate surface area is 178 Å². The van der Waals surface area contributed by atoms with Crippen molar-refractivity contribution in [2.45, 2.75) is 19.5 Å². The minimum absolute atomic E-state index is 0. The Bertz CT molecular complexity index is 705. The summed E-state index contributed by atoms with van der Waals surface area (Å²) in [7, 11) is 0. The maximum absolute atomic E-state index is 5.97. The van der Waals surface area contributed by atoms with Crippen LogP contribution in [0.4, 0.5) is 0 Å². The molecule has 2 heterocycles. The van der Waals surface area contributed by atoms with Gasteiger partial charge in [-0.3, -0.25) is 9.88 Å². The van der Waals surface area contributed by atoms with Crippen LogP contribution in [0.5, 0.6) is 0 Å². The molecule has 2 aromatic rings. The number of pyridine rings is 1. The molecule has 3 N–H and O–H groups in total. The van der Waals surface area contributed by atoms with E-state index in [9.17, 15) is 0 Å². The molecule has 1 aromatic carbocycles. The minimum Gasteiger partial charge on any atom is -0.379 e. The summed E-state index contributed by atoms with van der Waals surface area (Å²) in [6.45, 7) is 5.90. The van der Waals surface area contributed by atoms with Gasteiger partial charge in [0.2, 0.25) is 0 Å². The number of aromatic nitrogens is 1. The smallest absolute Gasteiger partial charge is 0.188 e. The lowest BCUT2D eigenvalue weighted by atomic mass is 10.1. The van der Waals surface area contributed by atoms with E-state index in [4.69, 9.17) is 10.5 Å². The maximum atomic E-state index is 5.97. The molecule has 0 amide bonds. The van der Waals surface area contributed by atoms with Gasteiger partial charge in [-0.1, -0.05) is 30.3 Å². The van der Waals surface area contributed by atoms with Gasteiger partial charge >= 0.3 is 0 Å². The van der Waals surface area contributed by atoms with Gasteiger partial charge in [-0.15, -0.1) is 24.0 Å². The largest absolute Gasteiger partial charge is 0.379 e. The number of hydrogen-bond donors (Lipinski definition) is 2. The lowest BCUT2D eigenvalue weighted by Gasteiger charge is -2.26. The zero-order chi connectivity index (χ0) is 18.0. The molecule has 1 aromatic heterocycles. The molecule has 1 saturated heterocycles. The van der Waals surface area contributed by atoms with E-state index in [1.807, 2.05) is 18.2 Å². The summed E-state index contributed by atoms with van der Waals surface area (Å²) in [5, 5.41) is 3.15. The number of rotatable bonds is 7. The highest BCUT2D eigenvalue weighted by molar-refractivity contribution is 14.0. The molecule has 0 bridgehead atoms. The molecule has 3 rings (SSSR count). The van der Waals surface area contributed by atoms with Gasteiger partial charge in [-0.05, 0) is 23.3 Å². The Morgan fingerprint density at radius 2 is 1.96 bits per heavy atom. The maximum Gasteiger partial charge on any atom is 0.188 e.